The zero-order valence-electron chi connectivity index (χ0n) is 14.2. The molecule has 1 N–H and O–H groups in total. The molecule has 1 aliphatic heterocycles. The lowest BCUT2D eigenvalue weighted by molar-refractivity contribution is 0.0752. The van der Waals surface area contributed by atoms with E-state index in [0.29, 0.717) is 16.9 Å². The Hall–Kier alpha value is -0.0800. The Balaban J connectivity index is 2.51. The second kappa shape index (κ2) is 7.08. The monoisotopic (exact) mass is 268 g/mol. The standard InChI is InChI=1S/C17H36N2/c1-7-17(8-2)10-12-19(13-11-17)14-15(18-9-3)16(4,5)6/h15,18H,7-14H2,1-6H3. The molecule has 0 aliphatic carbocycles. The van der Waals surface area contributed by atoms with Crippen LogP contribution in [-0.4, -0.2) is 37.1 Å². The van der Waals surface area contributed by atoms with Gasteiger partial charge in [0.1, 0.15) is 0 Å². The Kier molecular flexibility index (Phi) is 6.32. The topological polar surface area (TPSA) is 15.3 Å². The molecule has 1 rings (SSSR count). The van der Waals surface area contributed by atoms with Crippen LogP contribution in [0, 0.1) is 10.8 Å². The van der Waals surface area contributed by atoms with Crippen LogP contribution in [0.2, 0.25) is 0 Å². The zero-order chi connectivity index (χ0) is 14.5. The van der Waals surface area contributed by atoms with Crippen molar-refractivity contribution >= 4 is 0 Å². The van der Waals surface area contributed by atoms with Crippen molar-refractivity contribution in [1.29, 1.82) is 0 Å². The number of likely N-dealkylation sites (tertiary alicyclic amines) is 1. The average molecular weight is 268 g/mol. The summed E-state index contributed by atoms with van der Waals surface area (Å²) >= 11 is 0. The maximum Gasteiger partial charge on any atom is 0.0243 e. The predicted octanol–water partition coefficient (Wildman–Crippen LogP) is 3.91. The van der Waals surface area contributed by atoms with Crippen molar-refractivity contribution < 1.29 is 0 Å². The molecular weight excluding hydrogens is 232 g/mol. The summed E-state index contributed by atoms with van der Waals surface area (Å²) in [4.78, 5) is 2.68. The molecule has 1 fully saturated rings. The molecular formula is C17H36N2. The summed E-state index contributed by atoms with van der Waals surface area (Å²) in [5.41, 5.74) is 0.992. The predicted molar refractivity (Wildman–Crippen MR) is 85.6 cm³/mol. The second-order valence-electron chi connectivity index (χ2n) is 7.48. The molecule has 1 aliphatic rings. The molecule has 19 heavy (non-hydrogen) atoms. The van der Waals surface area contributed by atoms with Gasteiger partial charge in [0.05, 0.1) is 0 Å². The third-order valence-electron chi connectivity index (χ3n) is 5.35. The number of nitrogens with one attached hydrogen (secondary N) is 1. The van der Waals surface area contributed by atoms with E-state index < -0.39 is 0 Å². The van der Waals surface area contributed by atoms with Gasteiger partial charge in [-0.2, -0.15) is 0 Å². The van der Waals surface area contributed by atoms with Crippen LogP contribution in [0.3, 0.4) is 0 Å². The van der Waals surface area contributed by atoms with Crippen molar-refractivity contribution in [2.75, 3.05) is 26.2 Å². The Bertz CT molecular complexity index is 240. The largest absolute Gasteiger partial charge is 0.312 e. The maximum absolute atomic E-state index is 3.68. The second-order valence-corrected chi connectivity index (χ2v) is 7.48. The van der Waals surface area contributed by atoms with Crippen LogP contribution < -0.4 is 5.32 Å². The molecule has 0 amide bonds. The van der Waals surface area contributed by atoms with Gasteiger partial charge in [0.25, 0.3) is 0 Å². The van der Waals surface area contributed by atoms with Gasteiger partial charge < -0.3 is 10.2 Å². The molecule has 114 valence electrons. The Morgan fingerprint density at radius 3 is 1.95 bits per heavy atom. The molecule has 0 saturated carbocycles. The molecule has 0 aromatic heterocycles. The van der Waals surface area contributed by atoms with Gasteiger partial charge in [0.15, 0.2) is 0 Å². The number of nitrogens with zero attached hydrogens (tertiary/aromatic N) is 1. The molecule has 2 heteroatoms. The fourth-order valence-corrected chi connectivity index (χ4v) is 3.32. The van der Waals surface area contributed by atoms with Gasteiger partial charge >= 0.3 is 0 Å². The Morgan fingerprint density at radius 1 is 1.05 bits per heavy atom. The minimum Gasteiger partial charge on any atom is -0.312 e. The van der Waals surface area contributed by atoms with E-state index in [1.54, 1.807) is 0 Å². The van der Waals surface area contributed by atoms with Crippen LogP contribution in [-0.2, 0) is 0 Å². The van der Waals surface area contributed by atoms with E-state index in [1.807, 2.05) is 0 Å². The third-order valence-corrected chi connectivity index (χ3v) is 5.35. The summed E-state index contributed by atoms with van der Waals surface area (Å²) in [6, 6.07) is 0.605. The molecule has 1 heterocycles. The SMILES string of the molecule is CCNC(CN1CCC(CC)(CC)CC1)C(C)(C)C. The van der Waals surface area contributed by atoms with Gasteiger partial charge in [0, 0.05) is 12.6 Å². The lowest BCUT2D eigenvalue weighted by atomic mass is 9.74. The lowest BCUT2D eigenvalue weighted by Gasteiger charge is -2.43. The molecule has 0 aromatic rings. The van der Waals surface area contributed by atoms with Crippen molar-refractivity contribution in [2.45, 2.75) is 73.3 Å². The molecule has 0 aromatic carbocycles. The molecule has 0 bridgehead atoms. The highest BCUT2D eigenvalue weighted by Gasteiger charge is 2.33. The van der Waals surface area contributed by atoms with Crippen LogP contribution in [0.4, 0.5) is 0 Å². The van der Waals surface area contributed by atoms with Gasteiger partial charge in [-0.15, -0.1) is 0 Å². The highest BCUT2D eigenvalue weighted by molar-refractivity contribution is 4.88. The number of rotatable bonds is 6. The molecule has 0 radical (unpaired) electrons. The third kappa shape index (κ3) is 4.75. The summed E-state index contributed by atoms with van der Waals surface area (Å²) < 4.78 is 0. The van der Waals surface area contributed by atoms with Gasteiger partial charge in [-0.3, -0.25) is 0 Å². The maximum atomic E-state index is 3.68. The van der Waals surface area contributed by atoms with Crippen molar-refractivity contribution in [2.24, 2.45) is 10.8 Å². The van der Waals surface area contributed by atoms with Crippen molar-refractivity contribution in [3.05, 3.63) is 0 Å². The summed E-state index contributed by atoms with van der Waals surface area (Å²) in [6.07, 6.45) is 5.49. The van der Waals surface area contributed by atoms with Crippen LogP contribution in [0.15, 0.2) is 0 Å². The highest BCUT2D eigenvalue weighted by atomic mass is 15.2. The fourth-order valence-electron chi connectivity index (χ4n) is 3.32. The number of hydrogen-bond acceptors (Lipinski definition) is 2. The quantitative estimate of drug-likeness (QED) is 0.785. The minimum atomic E-state index is 0.347. The number of piperidine rings is 1. The lowest BCUT2D eigenvalue weighted by Crippen LogP contribution is -2.51. The van der Waals surface area contributed by atoms with Crippen LogP contribution in [0.5, 0.6) is 0 Å². The van der Waals surface area contributed by atoms with Gasteiger partial charge in [-0.1, -0.05) is 54.4 Å². The first-order chi connectivity index (χ1) is 8.87. The molecule has 1 saturated heterocycles. The summed E-state index contributed by atoms with van der Waals surface area (Å²) in [6.45, 7) is 18.9. The first-order valence-corrected chi connectivity index (χ1v) is 8.32. The van der Waals surface area contributed by atoms with Crippen molar-refractivity contribution in [1.82, 2.24) is 10.2 Å². The van der Waals surface area contributed by atoms with Crippen molar-refractivity contribution in [3.8, 4) is 0 Å². The van der Waals surface area contributed by atoms with E-state index in [-0.39, 0.29) is 0 Å². The smallest absolute Gasteiger partial charge is 0.0243 e. The molecule has 1 unspecified atom stereocenters. The number of likely N-dealkylation sites (N-methyl/N-ethyl adjacent to an activating group) is 1. The van der Waals surface area contributed by atoms with E-state index >= 15 is 0 Å². The zero-order valence-corrected chi connectivity index (χ0v) is 14.2. The Morgan fingerprint density at radius 2 is 1.58 bits per heavy atom. The minimum absolute atomic E-state index is 0.347. The summed E-state index contributed by atoms with van der Waals surface area (Å²) in [5, 5.41) is 3.68. The van der Waals surface area contributed by atoms with Crippen LogP contribution in [0.1, 0.15) is 67.2 Å². The van der Waals surface area contributed by atoms with Crippen LogP contribution >= 0.6 is 0 Å². The highest BCUT2D eigenvalue weighted by Crippen LogP contribution is 2.38. The van der Waals surface area contributed by atoms with Gasteiger partial charge in [-0.25, -0.2) is 0 Å². The molecule has 2 nitrogen and oxygen atoms in total. The normalized spacial score (nSPS) is 22.4. The average Bonchev–Trinajstić information content (AvgIpc) is 2.38. The van der Waals surface area contributed by atoms with E-state index in [4.69, 9.17) is 0 Å². The molecule has 0 spiro atoms. The number of hydrogen-bond donors (Lipinski definition) is 1. The summed E-state index contributed by atoms with van der Waals surface area (Å²) in [5.74, 6) is 0. The van der Waals surface area contributed by atoms with E-state index in [2.05, 4.69) is 51.8 Å². The van der Waals surface area contributed by atoms with E-state index in [9.17, 15) is 0 Å². The van der Waals surface area contributed by atoms with E-state index in [1.165, 1.54) is 45.3 Å². The fraction of sp³-hybridized carbons (Fsp3) is 1.00. The van der Waals surface area contributed by atoms with Crippen LogP contribution in [0.25, 0.3) is 0 Å². The van der Waals surface area contributed by atoms with Gasteiger partial charge in [-0.05, 0) is 43.3 Å². The molecule has 1 atom stereocenters. The summed E-state index contributed by atoms with van der Waals surface area (Å²) in [7, 11) is 0. The van der Waals surface area contributed by atoms with Gasteiger partial charge in [0.2, 0.25) is 0 Å². The van der Waals surface area contributed by atoms with Crippen molar-refractivity contribution in [3.63, 3.8) is 0 Å². The Labute approximate surface area is 121 Å². The van der Waals surface area contributed by atoms with E-state index in [0.717, 1.165) is 6.54 Å². The first-order valence-electron chi connectivity index (χ1n) is 8.32. The first kappa shape index (κ1) is 17.0.